The van der Waals surface area contributed by atoms with Crippen molar-refractivity contribution in [3.05, 3.63) is 23.8 Å². The van der Waals surface area contributed by atoms with E-state index in [1.165, 1.54) is 17.4 Å². The van der Waals surface area contributed by atoms with E-state index in [1.807, 2.05) is 0 Å². The average Bonchev–Trinajstić information content (AvgIpc) is 2.23. The van der Waals surface area contributed by atoms with Gasteiger partial charge in [-0.1, -0.05) is 12.1 Å². The van der Waals surface area contributed by atoms with Gasteiger partial charge >= 0.3 is 10.2 Å². The van der Waals surface area contributed by atoms with Crippen LogP contribution in [-0.2, 0) is 10.2 Å². The van der Waals surface area contributed by atoms with Crippen LogP contribution in [0.3, 0.4) is 0 Å². The second kappa shape index (κ2) is 4.93. The molecule has 0 aliphatic heterocycles. The van der Waals surface area contributed by atoms with E-state index in [9.17, 15) is 13.5 Å². The van der Waals surface area contributed by atoms with Crippen molar-refractivity contribution in [1.29, 1.82) is 0 Å². The summed E-state index contributed by atoms with van der Waals surface area (Å²) in [5, 5.41) is 9.74. The summed E-state index contributed by atoms with van der Waals surface area (Å²) in [5.41, 5.74) is 0.815. The lowest BCUT2D eigenvalue weighted by Crippen LogP contribution is -2.37. The fourth-order valence-electron chi connectivity index (χ4n) is 1.23. The maximum absolute atomic E-state index is 11.9. The minimum Gasteiger partial charge on any atom is -0.505 e. The van der Waals surface area contributed by atoms with Gasteiger partial charge in [0.25, 0.3) is 0 Å². The lowest BCUT2D eigenvalue weighted by molar-refractivity contribution is 0.413. The summed E-state index contributed by atoms with van der Waals surface area (Å²) in [6.07, 6.45) is 0. The first-order chi connectivity index (χ1) is 7.75. The van der Waals surface area contributed by atoms with Gasteiger partial charge in [0.2, 0.25) is 0 Å². The molecule has 6 heteroatoms. The van der Waals surface area contributed by atoms with E-state index in [-0.39, 0.29) is 17.5 Å². The Hall–Kier alpha value is -1.27. The second-order valence-electron chi connectivity index (χ2n) is 4.19. The number of phenols is 1. The SMILES string of the molecule is Cc1cccc(NS(=O)(=O)N(C)C(C)C)c1O. The van der Waals surface area contributed by atoms with E-state index >= 15 is 0 Å². The van der Waals surface area contributed by atoms with Crippen molar-refractivity contribution < 1.29 is 13.5 Å². The molecule has 0 fully saturated rings. The molecule has 0 saturated carbocycles. The molecule has 0 spiro atoms. The highest BCUT2D eigenvalue weighted by molar-refractivity contribution is 7.90. The lowest BCUT2D eigenvalue weighted by Gasteiger charge is -2.22. The Morgan fingerprint density at radius 1 is 1.35 bits per heavy atom. The van der Waals surface area contributed by atoms with Crippen molar-refractivity contribution in [1.82, 2.24) is 4.31 Å². The minimum atomic E-state index is -3.63. The molecular weight excluding hydrogens is 240 g/mol. The van der Waals surface area contributed by atoms with Gasteiger partial charge in [0, 0.05) is 13.1 Å². The Kier molecular flexibility index (Phi) is 4.00. The highest BCUT2D eigenvalue weighted by Gasteiger charge is 2.21. The Labute approximate surface area is 102 Å². The molecule has 0 saturated heterocycles. The summed E-state index contributed by atoms with van der Waals surface area (Å²) in [6, 6.07) is 4.76. The fraction of sp³-hybridized carbons (Fsp3) is 0.455. The summed E-state index contributed by atoms with van der Waals surface area (Å²) >= 11 is 0. The molecule has 0 atom stereocenters. The summed E-state index contributed by atoms with van der Waals surface area (Å²) in [6.45, 7) is 5.25. The number of benzene rings is 1. The maximum Gasteiger partial charge on any atom is 0.301 e. The van der Waals surface area contributed by atoms with E-state index < -0.39 is 10.2 Å². The van der Waals surface area contributed by atoms with Crippen molar-refractivity contribution >= 4 is 15.9 Å². The number of aromatic hydroxyl groups is 1. The standard InChI is InChI=1S/C11H18N2O3S/c1-8(2)13(4)17(15,16)12-10-7-5-6-9(3)11(10)14/h5-8,12,14H,1-4H3. The summed E-state index contributed by atoms with van der Waals surface area (Å²) in [7, 11) is -2.14. The van der Waals surface area contributed by atoms with E-state index in [2.05, 4.69) is 4.72 Å². The predicted molar refractivity (Wildman–Crippen MR) is 68.3 cm³/mol. The normalized spacial score (nSPS) is 12.1. The minimum absolute atomic E-state index is 0.0479. The van der Waals surface area contributed by atoms with Crippen LogP contribution in [0.25, 0.3) is 0 Å². The highest BCUT2D eigenvalue weighted by Crippen LogP contribution is 2.27. The van der Waals surface area contributed by atoms with Crippen molar-refractivity contribution in [3.63, 3.8) is 0 Å². The number of rotatable bonds is 4. The average molecular weight is 258 g/mol. The third-order valence-electron chi connectivity index (χ3n) is 2.58. The molecule has 0 aliphatic carbocycles. The molecule has 2 N–H and O–H groups in total. The molecular formula is C11H18N2O3S. The molecule has 0 heterocycles. The van der Waals surface area contributed by atoms with Crippen molar-refractivity contribution in [2.45, 2.75) is 26.8 Å². The van der Waals surface area contributed by atoms with E-state index in [0.29, 0.717) is 5.56 Å². The van der Waals surface area contributed by atoms with Crippen LogP contribution in [0.5, 0.6) is 5.75 Å². The number of para-hydroxylation sites is 1. The van der Waals surface area contributed by atoms with E-state index in [0.717, 1.165) is 0 Å². The topological polar surface area (TPSA) is 69.6 Å². The zero-order valence-electron chi connectivity index (χ0n) is 10.4. The Morgan fingerprint density at radius 3 is 2.47 bits per heavy atom. The van der Waals surface area contributed by atoms with Gasteiger partial charge in [-0.25, -0.2) is 0 Å². The largest absolute Gasteiger partial charge is 0.505 e. The van der Waals surface area contributed by atoms with Crippen LogP contribution in [-0.4, -0.2) is 30.9 Å². The predicted octanol–water partition coefficient (Wildman–Crippen LogP) is 1.70. The van der Waals surface area contributed by atoms with Crippen LogP contribution in [0.4, 0.5) is 5.69 Å². The Morgan fingerprint density at radius 2 is 1.94 bits per heavy atom. The Balaban J connectivity index is 3.03. The molecule has 5 nitrogen and oxygen atoms in total. The first-order valence-electron chi connectivity index (χ1n) is 5.30. The van der Waals surface area contributed by atoms with Gasteiger partial charge in [-0.3, -0.25) is 4.72 Å². The maximum atomic E-state index is 11.9. The smallest absolute Gasteiger partial charge is 0.301 e. The molecule has 0 radical (unpaired) electrons. The van der Waals surface area contributed by atoms with E-state index in [4.69, 9.17) is 0 Å². The number of aryl methyl sites for hydroxylation is 1. The molecule has 0 unspecified atom stereocenters. The van der Waals surface area contributed by atoms with Gasteiger partial charge in [-0.15, -0.1) is 0 Å². The molecule has 96 valence electrons. The van der Waals surface area contributed by atoms with Gasteiger partial charge < -0.3 is 5.11 Å². The van der Waals surface area contributed by atoms with Gasteiger partial charge in [0.15, 0.2) is 0 Å². The van der Waals surface area contributed by atoms with Crippen LogP contribution >= 0.6 is 0 Å². The molecule has 1 rings (SSSR count). The van der Waals surface area contributed by atoms with Crippen LogP contribution in [0.15, 0.2) is 18.2 Å². The second-order valence-corrected chi connectivity index (χ2v) is 5.92. The van der Waals surface area contributed by atoms with Gasteiger partial charge in [-0.2, -0.15) is 12.7 Å². The van der Waals surface area contributed by atoms with Gasteiger partial charge in [0.1, 0.15) is 5.75 Å². The number of hydrogen-bond donors (Lipinski definition) is 2. The molecule has 0 aromatic heterocycles. The lowest BCUT2D eigenvalue weighted by atomic mass is 10.2. The van der Waals surface area contributed by atoms with Crippen molar-refractivity contribution in [2.75, 3.05) is 11.8 Å². The number of nitrogens with one attached hydrogen (secondary N) is 1. The van der Waals surface area contributed by atoms with E-state index in [1.54, 1.807) is 32.9 Å². The zero-order valence-corrected chi connectivity index (χ0v) is 11.2. The van der Waals surface area contributed by atoms with Crippen molar-refractivity contribution in [2.24, 2.45) is 0 Å². The first-order valence-corrected chi connectivity index (χ1v) is 6.74. The zero-order chi connectivity index (χ0) is 13.2. The monoisotopic (exact) mass is 258 g/mol. The Bertz CT molecular complexity index is 497. The molecule has 0 aliphatic rings. The molecule has 1 aromatic carbocycles. The molecule has 17 heavy (non-hydrogen) atoms. The number of hydrogen-bond acceptors (Lipinski definition) is 3. The van der Waals surface area contributed by atoms with Crippen LogP contribution in [0, 0.1) is 6.92 Å². The molecule has 1 aromatic rings. The summed E-state index contributed by atoms with van der Waals surface area (Å²) < 4.78 is 27.4. The fourth-order valence-corrected chi connectivity index (χ4v) is 2.37. The van der Waals surface area contributed by atoms with Crippen molar-refractivity contribution in [3.8, 4) is 5.75 Å². The molecule has 0 bridgehead atoms. The van der Waals surface area contributed by atoms with Gasteiger partial charge in [-0.05, 0) is 32.4 Å². The number of nitrogens with zero attached hydrogens (tertiary/aromatic N) is 1. The van der Waals surface area contributed by atoms with Crippen LogP contribution < -0.4 is 4.72 Å². The van der Waals surface area contributed by atoms with Crippen LogP contribution in [0.1, 0.15) is 19.4 Å². The third kappa shape index (κ3) is 3.10. The third-order valence-corrected chi connectivity index (χ3v) is 4.24. The number of phenolic OH excluding ortho intramolecular Hbond substituents is 1. The first kappa shape index (κ1) is 13.8. The quantitative estimate of drug-likeness (QED) is 0.808. The number of anilines is 1. The summed E-state index contributed by atoms with van der Waals surface area (Å²) in [4.78, 5) is 0. The van der Waals surface area contributed by atoms with Gasteiger partial charge in [0.05, 0.1) is 5.69 Å². The molecule has 0 amide bonds. The summed E-state index contributed by atoms with van der Waals surface area (Å²) in [5.74, 6) is -0.0479. The highest BCUT2D eigenvalue weighted by atomic mass is 32.2. The van der Waals surface area contributed by atoms with Crippen LogP contribution in [0.2, 0.25) is 0 Å².